The molecule has 0 spiro atoms. The second-order valence-electron chi connectivity index (χ2n) is 2.69. The minimum absolute atomic E-state index is 0.00759. The van der Waals surface area contributed by atoms with Crippen LogP contribution < -0.4 is 0 Å². The maximum Gasteiger partial charge on any atom is 0.190 e. The van der Waals surface area contributed by atoms with Crippen LogP contribution in [0, 0.1) is 0 Å². The predicted molar refractivity (Wildman–Crippen MR) is 57.5 cm³/mol. The average molecular weight is 206 g/mol. The van der Waals surface area contributed by atoms with Gasteiger partial charge in [-0.3, -0.25) is 9.59 Å². The van der Waals surface area contributed by atoms with Gasteiger partial charge in [-0.25, -0.2) is 0 Å². The van der Waals surface area contributed by atoms with E-state index in [4.69, 9.17) is 0 Å². The van der Waals surface area contributed by atoms with Gasteiger partial charge in [0, 0.05) is 17.4 Å². The zero-order valence-electron chi connectivity index (χ0n) is 7.82. The van der Waals surface area contributed by atoms with Crippen molar-refractivity contribution in [3.05, 3.63) is 42.5 Å². The SMILES string of the molecule is C=CC(=O)c1cccc(SC(C)=O)c1. The molecule has 0 radical (unpaired) electrons. The summed E-state index contributed by atoms with van der Waals surface area (Å²) in [7, 11) is 0. The summed E-state index contributed by atoms with van der Waals surface area (Å²) in [6.07, 6.45) is 1.26. The van der Waals surface area contributed by atoms with Crippen molar-refractivity contribution < 1.29 is 9.59 Å². The molecule has 0 N–H and O–H groups in total. The fourth-order valence-corrected chi connectivity index (χ4v) is 1.66. The molecule has 3 heteroatoms. The minimum atomic E-state index is -0.129. The summed E-state index contributed by atoms with van der Waals surface area (Å²) in [6.45, 7) is 4.90. The molecular weight excluding hydrogens is 196 g/mol. The summed E-state index contributed by atoms with van der Waals surface area (Å²) in [5.74, 6) is -0.129. The number of carbonyl (C=O) groups excluding carboxylic acids is 2. The summed E-state index contributed by atoms with van der Waals surface area (Å²) in [5, 5.41) is 0.00759. The summed E-state index contributed by atoms with van der Waals surface area (Å²) in [4.78, 5) is 22.8. The van der Waals surface area contributed by atoms with E-state index < -0.39 is 0 Å². The number of allylic oxidation sites excluding steroid dienone is 1. The van der Waals surface area contributed by atoms with Crippen LogP contribution in [0.2, 0.25) is 0 Å². The first-order valence-electron chi connectivity index (χ1n) is 4.08. The van der Waals surface area contributed by atoms with Gasteiger partial charge in [-0.15, -0.1) is 0 Å². The van der Waals surface area contributed by atoms with Crippen LogP contribution in [0.3, 0.4) is 0 Å². The van der Waals surface area contributed by atoms with Gasteiger partial charge in [0.15, 0.2) is 10.9 Å². The quantitative estimate of drug-likeness (QED) is 0.433. The minimum Gasteiger partial charge on any atom is -0.289 e. The Balaban J connectivity index is 2.94. The first kappa shape index (κ1) is 10.7. The van der Waals surface area contributed by atoms with Crippen molar-refractivity contribution in [1.82, 2.24) is 0 Å². The molecule has 0 saturated carbocycles. The fourth-order valence-electron chi connectivity index (χ4n) is 0.997. The van der Waals surface area contributed by atoms with Crippen LogP contribution in [-0.2, 0) is 4.79 Å². The Morgan fingerprint density at radius 1 is 1.43 bits per heavy atom. The van der Waals surface area contributed by atoms with E-state index in [1.165, 1.54) is 13.0 Å². The third-order valence-electron chi connectivity index (χ3n) is 1.57. The van der Waals surface area contributed by atoms with E-state index in [1.807, 2.05) is 0 Å². The average Bonchev–Trinajstić information content (AvgIpc) is 2.16. The molecule has 0 heterocycles. The van der Waals surface area contributed by atoms with Crippen molar-refractivity contribution >= 4 is 22.7 Å². The lowest BCUT2D eigenvalue weighted by Crippen LogP contribution is -1.93. The van der Waals surface area contributed by atoms with E-state index in [9.17, 15) is 9.59 Å². The summed E-state index contributed by atoms with van der Waals surface area (Å²) < 4.78 is 0. The van der Waals surface area contributed by atoms with Crippen molar-refractivity contribution in [3.8, 4) is 0 Å². The van der Waals surface area contributed by atoms with Crippen LogP contribution in [0.15, 0.2) is 41.8 Å². The number of thioether (sulfide) groups is 1. The lowest BCUT2D eigenvalue weighted by Gasteiger charge is -1.99. The first-order chi connectivity index (χ1) is 6.63. The molecule has 0 aliphatic carbocycles. The van der Waals surface area contributed by atoms with Crippen molar-refractivity contribution in [1.29, 1.82) is 0 Å². The van der Waals surface area contributed by atoms with E-state index in [0.29, 0.717) is 5.56 Å². The second kappa shape index (κ2) is 4.77. The van der Waals surface area contributed by atoms with Gasteiger partial charge < -0.3 is 0 Å². The molecule has 0 amide bonds. The molecule has 1 aromatic rings. The van der Waals surface area contributed by atoms with Gasteiger partial charge in [-0.1, -0.05) is 30.5 Å². The largest absolute Gasteiger partial charge is 0.289 e. The molecule has 0 saturated heterocycles. The molecule has 1 rings (SSSR count). The molecule has 1 aromatic carbocycles. The monoisotopic (exact) mass is 206 g/mol. The van der Waals surface area contributed by atoms with E-state index in [1.54, 1.807) is 24.3 Å². The van der Waals surface area contributed by atoms with E-state index >= 15 is 0 Å². The molecule has 0 aliphatic heterocycles. The molecule has 2 nitrogen and oxygen atoms in total. The summed E-state index contributed by atoms with van der Waals surface area (Å²) in [5.41, 5.74) is 0.561. The lowest BCUT2D eigenvalue weighted by atomic mass is 10.1. The van der Waals surface area contributed by atoms with Crippen LogP contribution in [0.25, 0.3) is 0 Å². The Bertz CT molecular complexity index is 383. The van der Waals surface area contributed by atoms with E-state index in [0.717, 1.165) is 16.7 Å². The third kappa shape index (κ3) is 2.85. The molecular formula is C11H10O2S. The van der Waals surface area contributed by atoms with E-state index in [-0.39, 0.29) is 10.9 Å². The molecule has 14 heavy (non-hydrogen) atoms. The Morgan fingerprint density at radius 2 is 2.14 bits per heavy atom. The Morgan fingerprint density at radius 3 is 2.71 bits per heavy atom. The molecule has 0 fully saturated rings. The third-order valence-corrected chi connectivity index (χ3v) is 2.34. The number of hydrogen-bond donors (Lipinski definition) is 0. The molecule has 0 unspecified atom stereocenters. The Labute approximate surface area is 87.0 Å². The van der Waals surface area contributed by atoms with Gasteiger partial charge in [0.2, 0.25) is 0 Å². The fraction of sp³-hybridized carbons (Fsp3) is 0.0909. The van der Waals surface area contributed by atoms with Crippen molar-refractivity contribution in [3.63, 3.8) is 0 Å². The highest BCUT2D eigenvalue weighted by atomic mass is 32.2. The summed E-state index contributed by atoms with van der Waals surface area (Å²) in [6, 6.07) is 6.94. The molecule has 0 bridgehead atoms. The highest BCUT2D eigenvalue weighted by Gasteiger charge is 2.03. The van der Waals surface area contributed by atoms with Crippen LogP contribution in [0.4, 0.5) is 0 Å². The summed E-state index contributed by atoms with van der Waals surface area (Å²) >= 11 is 1.12. The topological polar surface area (TPSA) is 34.1 Å². The number of benzene rings is 1. The first-order valence-corrected chi connectivity index (χ1v) is 4.90. The standard InChI is InChI=1S/C11H10O2S/c1-3-11(13)9-5-4-6-10(7-9)14-8(2)12/h3-7H,1H2,2H3. The lowest BCUT2D eigenvalue weighted by molar-refractivity contribution is -0.109. The maximum absolute atomic E-state index is 11.2. The second-order valence-corrected chi connectivity index (χ2v) is 3.94. The highest BCUT2D eigenvalue weighted by molar-refractivity contribution is 8.13. The zero-order valence-corrected chi connectivity index (χ0v) is 8.64. The highest BCUT2D eigenvalue weighted by Crippen LogP contribution is 2.19. The Hall–Kier alpha value is -1.35. The van der Waals surface area contributed by atoms with Crippen LogP contribution in [0.1, 0.15) is 17.3 Å². The smallest absolute Gasteiger partial charge is 0.190 e. The van der Waals surface area contributed by atoms with Crippen molar-refractivity contribution in [2.45, 2.75) is 11.8 Å². The van der Waals surface area contributed by atoms with E-state index in [2.05, 4.69) is 6.58 Å². The van der Waals surface area contributed by atoms with Gasteiger partial charge in [0.1, 0.15) is 0 Å². The zero-order chi connectivity index (χ0) is 10.6. The van der Waals surface area contributed by atoms with Crippen molar-refractivity contribution in [2.75, 3.05) is 0 Å². The number of rotatable bonds is 3. The van der Waals surface area contributed by atoms with Gasteiger partial charge >= 0.3 is 0 Å². The molecule has 0 atom stereocenters. The van der Waals surface area contributed by atoms with Crippen LogP contribution in [0.5, 0.6) is 0 Å². The van der Waals surface area contributed by atoms with Crippen LogP contribution in [-0.4, -0.2) is 10.9 Å². The molecule has 0 aliphatic rings. The van der Waals surface area contributed by atoms with Gasteiger partial charge in [0.05, 0.1) is 0 Å². The predicted octanol–water partition coefficient (Wildman–Crippen LogP) is 2.69. The number of ketones is 1. The van der Waals surface area contributed by atoms with Gasteiger partial charge in [-0.05, 0) is 18.2 Å². The number of hydrogen-bond acceptors (Lipinski definition) is 3. The maximum atomic E-state index is 11.2. The Kier molecular flexibility index (Phi) is 3.65. The molecule has 0 aromatic heterocycles. The van der Waals surface area contributed by atoms with Gasteiger partial charge in [-0.2, -0.15) is 0 Å². The normalized spacial score (nSPS) is 9.50. The van der Waals surface area contributed by atoms with Gasteiger partial charge in [0.25, 0.3) is 0 Å². The van der Waals surface area contributed by atoms with Crippen molar-refractivity contribution in [2.24, 2.45) is 0 Å². The molecule has 72 valence electrons. The van der Waals surface area contributed by atoms with Crippen LogP contribution >= 0.6 is 11.8 Å². The number of carbonyl (C=O) groups is 2.